The molecule has 0 saturated carbocycles. The van der Waals surface area contributed by atoms with E-state index in [0.29, 0.717) is 6.61 Å². The topological polar surface area (TPSA) is 53.7 Å². The number of hydrogen-bond acceptors (Lipinski definition) is 4. The summed E-state index contributed by atoms with van der Waals surface area (Å²) in [6.45, 7) is 10.7. The largest absolute Gasteiger partial charge is 0.494 e. The lowest BCUT2D eigenvalue weighted by molar-refractivity contribution is 0.00578. The molecule has 5 heteroatoms. The van der Waals surface area contributed by atoms with Crippen LogP contribution in [0.25, 0.3) is 0 Å². The van der Waals surface area contributed by atoms with Crippen LogP contribution in [0.4, 0.5) is 0 Å². The summed E-state index contributed by atoms with van der Waals surface area (Å²) in [5.41, 5.74) is 6.53. The fourth-order valence-corrected chi connectivity index (χ4v) is 2.15. The van der Waals surface area contributed by atoms with Crippen molar-refractivity contribution in [3.05, 3.63) is 29.8 Å². The second kappa shape index (κ2) is 5.39. The van der Waals surface area contributed by atoms with Crippen molar-refractivity contribution in [2.75, 3.05) is 6.61 Å². The first-order valence-corrected chi connectivity index (χ1v) is 7.11. The number of rotatable bonds is 4. The van der Waals surface area contributed by atoms with E-state index in [1.807, 2.05) is 58.9 Å². The highest BCUT2D eigenvalue weighted by Gasteiger charge is 2.53. The van der Waals surface area contributed by atoms with Crippen LogP contribution in [0, 0.1) is 0 Å². The molecule has 0 spiro atoms. The van der Waals surface area contributed by atoms with Crippen LogP contribution in [0.2, 0.25) is 0 Å². The van der Waals surface area contributed by atoms with Gasteiger partial charge in [-0.25, -0.2) is 0 Å². The normalized spacial score (nSPS) is 21.8. The van der Waals surface area contributed by atoms with Gasteiger partial charge in [0.1, 0.15) is 5.75 Å². The molecule has 0 bridgehead atoms. The van der Waals surface area contributed by atoms with Crippen molar-refractivity contribution in [3.8, 4) is 5.75 Å². The molecule has 110 valence electrons. The molecule has 1 aromatic carbocycles. The molecule has 1 atom stereocenters. The summed E-state index contributed by atoms with van der Waals surface area (Å²) < 4.78 is 17.4. The third kappa shape index (κ3) is 2.85. The van der Waals surface area contributed by atoms with E-state index < -0.39 is 7.12 Å². The Kier molecular flexibility index (Phi) is 4.14. The molecule has 4 nitrogen and oxygen atoms in total. The van der Waals surface area contributed by atoms with Crippen LogP contribution < -0.4 is 10.5 Å². The van der Waals surface area contributed by atoms with Crippen molar-refractivity contribution < 1.29 is 14.0 Å². The number of nitrogens with two attached hydrogens (primary N) is 1. The van der Waals surface area contributed by atoms with Crippen molar-refractivity contribution >= 4 is 7.12 Å². The molecule has 0 aromatic heterocycles. The highest BCUT2D eigenvalue weighted by atomic mass is 16.7. The van der Waals surface area contributed by atoms with Crippen molar-refractivity contribution in [2.24, 2.45) is 5.73 Å². The van der Waals surface area contributed by atoms with Gasteiger partial charge in [0.05, 0.1) is 23.8 Å². The van der Waals surface area contributed by atoms with E-state index >= 15 is 0 Å². The smallest absolute Gasteiger partial charge is 0.480 e. The average Bonchev–Trinajstić information content (AvgIpc) is 2.59. The molecule has 1 aliphatic heterocycles. The lowest BCUT2D eigenvalue weighted by Crippen LogP contribution is -2.41. The molecule has 0 aliphatic carbocycles. The maximum atomic E-state index is 6.28. The summed E-state index contributed by atoms with van der Waals surface area (Å²) in [4.78, 5) is 0. The van der Waals surface area contributed by atoms with Crippen molar-refractivity contribution in [3.63, 3.8) is 0 Å². The van der Waals surface area contributed by atoms with Crippen molar-refractivity contribution in [1.29, 1.82) is 0 Å². The van der Waals surface area contributed by atoms with E-state index in [9.17, 15) is 0 Å². The minimum atomic E-state index is -0.432. The predicted molar refractivity (Wildman–Crippen MR) is 80.6 cm³/mol. The van der Waals surface area contributed by atoms with Crippen LogP contribution in [-0.2, 0) is 9.31 Å². The first-order valence-electron chi connectivity index (χ1n) is 7.11. The SMILES string of the molecule is CCOc1ccc([C@H](N)B2OC(C)(C)C(C)(C)O2)cc1. The Morgan fingerprint density at radius 3 is 2.05 bits per heavy atom. The minimum Gasteiger partial charge on any atom is -0.494 e. The van der Waals surface area contributed by atoms with Gasteiger partial charge in [-0.05, 0) is 52.3 Å². The fourth-order valence-electron chi connectivity index (χ4n) is 2.15. The summed E-state index contributed by atoms with van der Waals surface area (Å²) in [7, 11) is -0.432. The molecule has 0 amide bonds. The lowest BCUT2D eigenvalue weighted by atomic mass is 9.75. The Morgan fingerprint density at radius 1 is 1.10 bits per heavy atom. The zero-order valence-corrected chi connectivity index (χ0v) is 13.0. The third-order valence-corrected chi connectivity index (χ3v) is 4.14. The predicted octanol–water partition coefficient (Wildman–Crippen LogP) is 2.72. The zero-order valence-electron chi connectivity index (χ0n) is 13.0. The maximum absolute atomic E-state index is 6.28. The van der Waals surface area contributed by atoms with Crippen LogP contribution in [0.5, 0.6) is 5.75 Å². The monoisotopic (exact) mass is 277 g/mol. The van der Waals surface area contributed by atoms with E-state index in [-0.39, 0.29) is 17.1 Å². The highest BCUT2D eigenvalue weighted by Crippen LogP contribution is 2.39. The van der Waals surface area contributed by atoms with Gasteiger partial charge in [-0.2, -0.15) is 0 Å². The van der Waals surface area contributed by atoms with E-state index in [4.69, 9.17) is 19.8 Å². The first-order chi connectivity index (χ1) is 9.27. The van der Waals surface area contributed by atoms with Gasteiger partial charge in [0.15, 0.2) is 0 Å². The number of hydrogen-bond donors (Lipinski definition) is 1. The summed E-state index contributed by atoms with van der Waals surface area (Å²) in [6.07, 6.45) is 0. The summed E-state index contributed by atoms with van der Waals surface area (Å²) >= 11 is 0. The van der Waals surface area contributed by atoms with Crippen LogP contribution in [0.3, 0.4) is 0 Å². The Bertz CT molecular complexity index is 443. The van der Waals surface area contributed by atoms with Gasteiger partial charge in [-0.1, -0.05) is 12.1 Å². The minimum absolute atomic E-state index is 0.313. The van der Waals surface area contributed by atoms with Gasteiger partial charge in [0.25, 0.3) is 0 Å². The van der Waals surface area contributed by atoms with Crippen molar-refractivity contribution in [2.45, 2.75) is 51.8 Å². The molecule has 0 radical (unpaired) electrons. The van der Waals surface area contributed by atoms with Crippen LogP contribution in [0.15, 0.2) is 24.3 Å². The van der Waals surface area contributed by atoms with Gasteiger partial charge < -0.3 is 19.8 Å². The third-order valence-electron chi connectivity index (χ3n) is 4.14. The number of benzene rings is 1. The maximum Gasteiger partial charge on any atom is 0.480 e. The standard InChI is InChI=1S/C15H24BNO3/c1-6-18-12-9-7-11(8-10-12)13(17)16-19-14(2,3)15(4,5)20-16/h7-10,13H,6,17H2,1-5H3/t13-/m0/s1. The van der Waals surface area contributed by atoms with Crippen LogP contribution in [0.1, 0.15) is 46.1 Å². The second-order valence-corrected chi connectivity index (χ2v) is 6.15. The van der Waals surface area contributed by atoms with E-state index in [1.165, 1.54) is 0 Å². The highest BCUT2D eigenvalue weighted by molar-refractivity contribution is 6.47. The molecule has 1 aliphatic rings. The van der Waals surface area contributed by atoms with Gasteiger partial charge >= 0.3 is 7.12 Å². The van der Waals surface area contributed by atoms with E-state index in [1.54, 1.807) is 0 Å². The Hall–Kier alpha value is -1.04. The summed E-state index contributed by atoms with van der Waals surface area (Å²) in [5.74, 6) is 0.532. The molecule has 1 aromatic rings. The summed E-state index contributed by atoms with van der Waals surface area (Å²) in [6, 6.07) is 7.76. The van der Waals surface area contributed by atoms with Gasteiger partial charge in [-0.3, -0.25) is 0 Å². The molecule has 1 fully saturated rings. The molecule has 0 unspecified atom stereocenters. The molecule has 1 saturated heterocycles. The van der Waals surface area contributed by atoms with Gasteiger partial charge in [0, 0.05) is 0 Å². The molecule has 2 rings (SSSR count). The second-order valence-electron chi connectivity index (χ2n) is 6.15. The number of ether oxygens (including phenoxy) is 1. The molecule has 1 heterocycles. The zero-order chi connectivity index (χ0) is 15.0. The fraction of sp³-hybridized carbons (Fsp3) is 0.600. The van der Waals surface area contributed by atoms with Gasteiger partial charge in [0.2, 0.25) is 0 Å². The molecular weight excluding hydrogens is 253 g/mol. The Balaban J connectivity index is 2.10. The summed E-state index contributed by atoms with van der Waals surface area (Å²) in [5, 5.41) is 0. The van der Waals surface area contributed by atoms with Crippen molar-refractivity contribution in [1.82, 2.24) is 0 Å². The molecule has 2 N–H and O–H groups in total. The quantitative estimate of drug-likeness (QED) is 0.860. The first kappa shape index (κ1) is 15.4. The lowest BCUT2D eigenvalue weighted by Gasteiger charge is -2.32. The van der Waals surface area contributed by atoms with Crippen LogP contribution >= 0.6 is 0 Å². The molecular formula is C15H24BNO3. The van der Waals surface area contributed by atoms with Gasteiger partial charge in [-0.15, -0.1) is 0 Å². The molecule has 20 heavy (non-hydrogen) atoms. The Morgan fingerprint density at radius 2 is 1.60 bits per heavy atom. The van der Waals surface area contributed by atoms with E-state index in [0.717, 1.165) is 11.3 Å². The van der Waals surface area contributed by atoms with E-state index in [2.05, 4.69) is 0 Å². The average molecular weight is 277 g/mol. The van der Waals surface area contributed by atoms with Crippen LogP contribution in [-0.4, -0.2) is 24.9 Å². The Labute approximate surface area is 121 Å².